The zero-order chi connectivity index (χ0) is 16.9. The van der Waals surface area contributed by atoms with Crippen molar-refractivity contribution in [2.24, 2.45) is 0 Å². The van der Waals surface area contributed by atoms with E-state index in [2.05, 4.69) is 0 Å². The molecule has 2 aliphatic rings. The van der Waals surface area contributed by atoms with Gasteiger partial charge in [0.25, 0.3) is 0 Å². The van der Waals surface area contributed by atoms with Gasteiger partial charge in [0, 0.05) is 26.1 Å². The van der Waals surface area contributed by atoms with E-state index in [1.165, 1.54) is 4.90 Å². The molecule has 0 aromatic carbocycles. The normalized spacial score (nSPS) is 24.4. The van der Waals surface area contributed by atoms with E-state index in [4.69, 9.17) is 4.74 Å². The summed E-state index contributed by atoms with van der Waals surface area (Å²) >= 11 is 0. The highest BCUT2D eigenvalue weighted by Crippen LogP contribution is 2.40. The van der Waals surface area contributed by atoms with Crippen LogP contribution in [0.5, 0.6) is 0 Å². The molecule has 1 N–H and O–H groups in total. The van der Waals surface area contributed by atoms with Gasteiger partial charge in [0.1, 0.15) is 5.60 Å². The van der Waals surface area contributed by atoms with Crippen LogP contribution >= 0.6 is 0 Å². The molecule has 2 aliphatic heterocycles. The maximum atomic E-state index is 12.6. The molecule has 0 bridgehead atoms. The Hall–Kier alpha value is -1.51. The third kappa shape index (κ3) is 3.13. The average molecular weight is 324 g/mol. The van der Waals surface area contributed by atoms with E-state index in [1.807, 2.05) is 0 Å². The molecule has 1 spiro atoms. The van der Waals surface area contributed by atoms with Crippen molar-refractivity contribution >= 4 is 12.0 Å². The molecule has 0 aliphatic carbocycles. The van der Waals surface area contributed by atoms with Crippen LogP contribution in [0, 0.1) is 0 Å². The van der Waals surface area contributed by atoms with Crippen molar-refractivity contribution in [3.8, 4) is 0 Å². The van der Waals surface area contributed by atoms with Gasteiger partial charge in [-0.15, -0.1) is 0 Å². The Morgan fingerprint density at radius 1 is 1.23 bits per heavy atom. The van der Waals surface area contributed by atoms with Gasteiger partial charge in [0.2, 0.25) is 0 Å². The molecule has 0 radical (unpaired) electrons. The van der Waals surface area contributed by atoms with E-state index in [-0.39, 0.29) is 26.1 Å². The van der Waals surface area contributed by atoms with Gasteiger partial charge in [-0.1, -0.05) is 0 Å². The quantitative estimate of drug-likeness (QED) is 0.725. The number of ether oxygens (including phenoxy) is 1. The van der Waals surface area contributed by atoms with Crippen molar-refractivity contribution in [3.63, 3.8) is 0 Å². The SMILES string of the molecule is CC(C)(C)OC(=O)N1CC2(CC(O)CN2C(=O)C(F)(F)F)C1. The second-order valence-electron chi connectivity index (χ2n) is 6.83. The zero-order valence-corrected chi connectivity index (χ0v) is 12.6. The number of amides is 2. The standard InChI is InChI=1S/C13H19F3N2O4/c1-11(2,3)22-10(21)17-6-12(7-17)4-8(19)5-18(12)9(20)13(14,15)16/h8,19H,4-7H2,1-3H3. The van der Waals surface area contributed by atoms with Crippen LogP contribution in [0.25, 0.3) is 0 Å². The first-order valence-corrected chi connectivity index (χ1v) is 6.89. The van der Waals surface area contributed by atoms with Crippen LogP contribution in [0.2, 0.25) is 0 Å². The minimum absolute atomic E-state index is 0.0219. The smallest absolute Gasteiger partial charge is 0.444 e. The summed E-state index contributed by atoms with van der Waals surface area (Å²) in [6.45, 7) is 4.53. The Kier molecular flexibility index (Phi) is 3.83. The minimum Gasteiger partial charge on any atom is -0.444 e. The molecular weight excluding hydrogens is 305 g/mol. The van der Waals surface area contributed by atoms with Crippen LogP contribution in [0.4, 0.5) is 18.0 Å². The molecule has 1 unspecified atom stereocenters. The molecule has 0 aromatic heterocycles. The molecule has 0 aromatic rings. The van der Waals surface area contributed by atoms with Gasteiger partial charge >= 0.3 is 18.2 Å². The molecular formula is C13H19F3N2O4. The summed E-state index contributed by atoms with van der Waals surface area (Å²) in [4.78, 5) is 25.2. The maximum absolute atomic E-state index is 12.6. The van der Waals surface area contributed by atoms with E-state index < -0.39 is 35.4 Å². The monoisotopic (exact) mass is 324 g/mol. The summed E-state index contributed by atoms with van der Waals surface area (Å²) in [5.74, 6) is -1.98. The molecule has 1 atom stereocenters. The van der Waals surface area contributed by atoms with Gasteiger partial charge in [-0.2, -0.15) is 13.2 Å². The van der Waals surface area contributed by atoms with Gasteiger partial charge in [-0.05, 0) is 20.8 Å². The molecule has 2 heterocycles. The number of β-amino-alcohol motifs (C(OH)–C–C–N with tert-alkyl or cyclic N) is 1. The summed E-state index contributed by atoms with van der Waals surface area (Å²) in [6, 6.07) is 0. The Morgan fingerprint density at radius 2 is 1.77 bits per heavy atom. The third-order valence-electron chi connectivity index (χ3n) is 3.69. The van der Waals surface area contributed by atoms with Crippen molar-refractivity contribution in [1.29, 1.82) is 0 Å². The molecule has 126 valence electrons. The van der Waals surface area contributed by atoms with E-state index in [9.17, 15) is 27.9 Å². The molecule has 6 nitrogen and oxygen atoms in total. The molecule has 2 amide bonds. The van der Waals surface area contributed by atoms with Gasteiger partial charge in [-0.3, -0.25) is 4.79 Å². The Labute approximate surface area is 125 Å². The number of hydrogen-bond acceptors (Lipinski definition) is 4. The van der Waals surface area contributed by atoms with Gasteiger partial charge < -0.3 is 19.6 Å². The maximum Gasteiger partial charge on any atom is 0.471 e. The van der Waals surface area contributed by atoms with Crippen LogP contribution < -0.4 is 0 Å². The number of aliphatic hydroxyl groups excluding tert-OH is 1. The Bertz CT molecular complexity index is 481. The van der Waals surface area contributed by atoms with Crippen molar-refractivity contribution in [2.45, 2.75) is 50.6 Å². The lowest BCUT2D eigenvalue weighted by atomic mass is 9.86. The second-order valence-corrected chi connectivity index (χ2v) is 6.83. The lowest BCUT2D eigenvalue weighted by Crippen LogP contribution is -2.71. The highest BCUT2D eigenvalue weighted by atomic mass is 19.4. The average Bonchev–Trinajstić information content (AvgIpc) is 2.59. The number of halogens is 3. The summed E-state index contributed by atoms with van der Waals surface area (Å²) in [5, 5.41) is 9.63. The van der Waals surface area contributed by atoms with Crippen molar-refractivity contribution in [2.75, 3.05) is 19.6 Å². The second kappa shape index (κ2) is 5.00. The fraction of sp³-hybridized carbons (Fsp3) is 0.846. The van der Waals surface area contributed by atoms with E-state index in [0.717, 1.165) is 0 Å². The number of alkyl halides is 3. The lowest BCUT2D eigenvalue weighted by molar-refractivity contribution is -0.194. The van der Waals surface area contributed by atoms with Crippen LogP contribution in [-0.2, 0) is 9.53 Å². The van der Waals surface area contributed by atoms with E-state index >= 15 is 0 Å². The van der Waals surface area contributed by atoms with Crippen molar-refractivity contribution in [3.05, 3.63) is 0 Å². The number of hydrogen-bond donors (Lipinski definition) is 1. The van der Waals surface area contributed by atoms with Crippen molar-refractivity contribution in [1.82, 2.24) is 9.80 Å². The first-order valence-electron chi connectivity index (χ1n) is 6.89. The van der Waals surface area contributed by atoms with Gasteiger partial charge in [-0.25, -0.2) is 4.79 Å². The molecule has 22 heavy (non-hydrogen) atoms. The molecule has 0 saturated carbocycles. The summed E-state index contributed by atoms with van der Waals surface area (Å²) in [7, 11) is 0. The summed E-state index contributed by atoms with van der Waals surface area (Å²) in [6.07, 6.45) is -6.64. The number of rotatable bonds is 0. The van der Waals surface area contributed by atoms with Crippen LogP contribution in [0.15, 0.2) is 0 Å². The van der Waals surface area contributed by atoms with E-state index in [0.29, 0.717) is 4.90 Å². The number of aliphatic hydroxyl groups is 1. The van der Waals surface area contributed by atoms with Crippen LogP contribution in [0.3, 0.4) is 0 Å². The molecule has 2 fully saturated rings. The number of nitrogens with zero attached hydrogens (tertiary/aromatic N) is 2. The molecule has 2 saturated heterocycles. The zero-order valence-electron chi connectivity index (χ0n) is 12.6. The van der Waals surface area contributed by atoms with Crippen LogP contribution in [0.1, 0.15) is 27.2 Å². The lowest BCUT2D eigenvalue weighted by Gasteiger charge is -2.52. The number of likely N-dealkylation sites (tertiary alicyclic amines) is 2. The number of carbonyl (C=O) groups excluding carboxylic acids is 2. The summed E-state index contributed by atoms with van der Waals surface area (Å²) in [5.41, 5.74) is -1.86. The predicted octanol–water partition coefficient (Wildman–Crippen LogP) is 1.13. The first-order chi connectivity index (χ1) is 9.84. The van der Waals surface area contributed by atoms with Gasteiger partial charge in [0.15, 0.2) is 0 Å². The Morgan fingerprint density at radius 3 is 2.23 bits per heavy atom. The molecule has 2 rings (SSSR count). The largest absolute Gasteiger partial charge is 0.471 e. The molecule has 9 heteroatoms. The van der Waals surface area contributed by atoms with Gasteiger partial charge in [0.05, 0.1) is 11.6 Å². The minimum atomic E-state index is -5.00. The van der Waals surface area contributed by atoms with E-state index in [1.54, 1.807) is 20.8 Å². The highest BCUT2D eigenvalue weighted by Gasteiger charge is 2.60. The topological polar surface area (TPSA) is 70.1 Å². The Balaban J connectivity index is 2.06. The predicted molar refractivity (Wildman–Crippen MR) is 68.9 cm³/mol. The number of carbonyl (C=O) groups is 2. The third-order valence-corrected chi connectivity index (χ3v) is 3.69. The first kappa shape index (κ1) is 16.9. The fourth-order valence-electron chi connectivity index (χ4n) is 2.89. The van der Waals surface area contributed by atoms with Crippen LogP contribution in [-0.4, -0.2) is 70.0 Å². The fourth-order valence-corrected chi connectivity index (χ4v) is 2.89. The van der Waals surface area contributed by atoms with Crippen molar-refractivity contribution < 1.29 is 32.6 Å². The summed E-state index contributed by atoms with van der Waals surface area (Å²) < 4.78 is 43.0. The highest BCUT2D eigenvalue weighted by molar-refractivity contribution is 5.83.